The van der Waals surface area contributed by atoms with Crippen LogP contribution in [0.3, 0.4) is 0 Å². The Labute approximate surface area is 240 Å². The molecule has 0 aliphatic carbocycles. The van der Waals surface area contributed by atoms with Crippen LogP contribution in [0.2, 0.25) is 0 Å². The van der Waals surface area contributed by atoms with Crippen molar-refractivity contribution in [3.8, 4) is 5.69 Å². The Hall–Kier alpha value is -3.82. The molecule has 0 saturated carbocycles. The minimum Gasteiger partial charge on any atom is -0.394 e. The molecular weight excluding hydrogens is 636 g/mol. The van der Waals surface area contributed by atoms with E-state index in [1.165, 1.54) is 48.2 Å². The lowest BCUT2D eigenvalue weighted by Crippen LogP contribution is -2.42. The van der Waals surface area contributed by atoms with Crippen LogP contribution in [0.5, 0.6) is 0 Å². The van der Waals surface area contributed by atoms with Gasteiger partial charge in [-0.15, -0.1) is 0 Å². The fraction of sp³-hybridized carbons (Fsp3) is 0.259. The van der Waals surface area contributed by atoms with Crippen LogP contribution in [0.15, 0.2) is 56.8 Å². The van der Waals surface area contributed by atoms with Gasteiger partial charge in [-0.05, 0) is 72.3 Å². The standard InChI is InChI=1S/C27H27FIN5O6/c1-14-23-22(24(32(3)25(14)38)31-21-8-7-16(29)11-20(21)28)26(39)33(10-9-19(37)13-35)27(40)34(23)18-6-4-5-17(12-18)30-15(2)36/h4-8,11-12,19,31,35,37H,9-10,13H2,1-3H3,(H,30,36)/t19-/m0/s1. The molecule has 4 N–H and O–H groups in total. The number of aliphatic hydroxyl groups is 2. The third kappa shape index (κ3) is 5.57. The molecule has 0 unspecified atom stereocenters. The number of halogens is 2. The summed E-state index contributed by atoms with van der Waals surface area (Å²) in [4.78, 5) is 52.8. The molecule has 0 aliphatic heterocycles. The van der Waals surface area contributed by atoms with E-state index in [4.69, 9.17) is 0 Å². The van der Waals surface area contributed by atoms with Crippen molar-refractivity contribution in [2.24, 2.45) is 7.05 Å². The van der Waals surface area contributed by atoms with Crippen molar-refractivity contribution in [2.45, 2.75) is 32.9 Å². The lowest BCUT2D eigenvalue weighted by atomic mass is 10.1. The molecule has 0 fully saturated rings. The van der Waals surface area contributed by atoms with Crippen LogP contribution in [0.1, 0.15) is 18.9 Å². The lowest BCUT2D eigenvalue weighted by molar-refractivity contribution is -0.114. The molecule has 4 aromatic rings. The van der Waals surface area contributed by atoms with E-state index < -0.39 is 35.3 Å². The second-order valence-corrected chi connectivity index (χ2v) is 10.5. The fourth-order valence-electron chi connectivity index (χ4n) is 4.44. The van der Waals surface area contributed by atoms with Gasteiger partial charge in [0.05, 0.1) is 29.6 Å². The number of anilines is 3. The van der Waals surface area contributed by atoms with Gasteiger partial charge in [-0.2, -0.15) is 0 Å². The molecule has 0 radical (unpaired) electrons. The third-order valence-electron chi connectivity index (χ3n) is 6.40. The summed E-state index contributed by atoms with van der Waals surface area (Å²) in [7, 11) is 1.42. The Morgan fingerprint density at radius 1 is 1.12 bits per heavy atom. The van der Waals surface area contributed by atoms with Crippen molar-refractivity contribution in [2.75, 3.05) is 17.2 Å². The summed E-state index contributed by atoms with van der Waals surface area (Å²) in [6.07, 6.45) is -1.29. The maximum absolute atomic E-state index is 14.9. The average Bonchev–Trinajstić information content (AvgIpc) is 2.90. The van der Waals surface area contributed by atoms with Gasteiger partial charge >= 0.3 is 5.69 Å². The molecule has 0 bridgehead atoms. The van der Waals surface area contributed by atoms with E-state index >= 15 is 0 Å². The van der Waals surface area contributed by atoms with Gasteiger partial charge in [-0.25, -0.2) is 9.18 Å². The maximum Gasteiger partial charge on any atom is 0.336 e. The van der Waals surface area contributed by atoms with Gasteiger partial charge in [0.15, 0.2) is 0 Å². The minimum absolute atomic E-state index is 0.00505. The monoisotopic (exact) mass is 663 g/mol. The first kappa shape index (κ1) is 29.2. The van der Waals surface area contributed by atoms with Crippen LogP contribution in [0, 0.1) is 16.3 Å². The topological polar surface area (TPSA) is 148 Å². The van der Waals surface area contributed by atoms with Gasteiger partial charge in [0.2, 0.25) is 5.91 Å². The third-order valence-corrected chi connectivity index (χ3v) is 7.07. The molecule has 4 rings (SSSR count). The highest BCUT2D eigenvalue weighted by Crippen LogP contribution is 2.28. The van der Waals surface area contributed by atoms with Crippen molar-refractivity contribution in [3.63, 3.8) is 0 Å². The Morgan fingerprint density at radius 2 is 1.85 bits per heavy atom. The number of aliphatic hydroxyl groups excluding tert-OH is 2. The van der Waals surface area contributed by atoms with Crippen LogP contribution in [-0.4, -0.2) is 42.5 Å². The number of aryl methyl sites for hydroxylation is 1. The van der Waals surface area contributed by atoms with Gasteiger partial charge < -0.3 is 20.8 Å². The largest absolute Gasteiger partial charge is 0.394 e. The SMILES string of the molecule is CC(=O)Nc1cccc(-n2c(=O)n(CC[C@H](O)CO)c(=O)c3c(Nc4ccc(I)cc4F)n(C)c(=O)c(C)c32)c1. The molecule has 2 aromatic carbocycles. The van der Waals surface area contributed by atoms with Crippen LogP contribution >= 0.6 is 22.6 Å². The molecule has 0 spiro atoms. The molecule has 210 valence electrons. The summed E-state index contributed by atoms with van der Waals surface area (Å²) >= 11 is 1.96. The highest BCUT2D eigenvalue weighted by molar-refractivity contribution is 14.1. The van der Waals surface area contributed by atoms with Gasteiger partial charge in [0.25, 0.3) is 11.1 Å². The number of hydrogen-bond donors (Lipinski definition) is 4. The van der Waals surface area contributed by atoms with Crippen molar-refractivity contribution in [1.82, 2.24) is 13.7 Å². The molecule has 0 saturated heterocycles. The Kier molecular flexibility index (Phi) is 8.56. The number of benzene rings is 2. The summed E-state index contributed by atoms with van der Waals surface area (Å²) in [6.45, 7) is 1.99. The zero-order valence-corrected chi connectivity index (χ0v) is 24.0. The quantitative estimate of drug-likeness (QED) is 0.212. The number of pyridine rings is 1. The molecule has 0 aliphatic rings. The summed E-state index contributed by atoms with van der Waals surface area (Å²) < 4.78 is 18.7. The maximum atomic E-state index is 14.9. The molecular formula is C27H27FIN5O6. The Bertz CT molecular complexity index is 1810. The molecule has 13 heteroatoms. The van der Waals surface area contributed by atoms with E-state index in [2.05, 4.69) is 10.6 Å². The number of nitrogens with zero attached hydrogens (tertiary/aromatic N) is 3. The van der Waals surface area contributed by atoms with E-state index in [-0.39, 0.29) is 52.5 Å². The normalized spacial score (nSPS) is 12.0. The van der Waals surface area contributed by atoms with Gasteiger partial charge in [0.1, 0.15) is 17.0 Å². The van der Waals surface area contributed by atoms with Crippen LogP contribution in [0.4, 0.5) is 21.6 Å². The Morgan fingerprint density at radius 3 is 2.50 bits per heavy atom. The predicted octanol–water partition coefficient (Wildman–Crippen LogP) is 2.35. The van der Waals surface area contributed by atoms with E-state index in [1.807, 2.05) is 22.6 Å². The van der Waals surface area contributed by atoms with Gasteiger partial charge in [-0.3, -0.25) is 28.1 Å². The van der Waals surface area contributed by atoms with E-state index in [9.17, 15) is 33.8 Å². The predicted molar refractivity (Wildman–Crippen MR) is 158 cm³/mol. The Balaban J connectivity index is 2.14. The summed E-state index contributed by atoms with van der Waals surface area (Å²) in [5.41, 5.74) is -1.37. The molecule has 1 amide bonds. The smallest absolute Gasteiger partial charge is 0.336 e. The average molecular weight is 663 g/mol. The second-order valence-electron chi connectivity index (χ2n) is 9.24. The lowest BCUT2D eigenvalue weighted by Gasteiger charge is -2.21. The van der Waals surface area contributed by atoms with Crippen molar-refractivity contribution in [1.29, 1.82) is 0 Å². The van der Waals surface area contributed by atoms with Crippen LogP contribution in [0.25, 0.3) is 16.6 Å². The summed E-state index contributed by atoms with van der Waals surface area (Å²) in [5.74, 6) is -0.997. The molecule has 11 nitrogen and oxygen atoms in total. The molecule has 2 heterocycles. The number of nitrogens with one attached hydrogen (secondary N) is 2. The number of fused-ring (bicyclic) bond motifs is 1. The number of amides is 1. The van der Waals surface area contributed by atoms with Crippen molar-refractivity contribution >= 4 is 56.6 Å². The van der Waals surface area contributed by atoms with Gasteiger partial charge in [0, 0.05) is 35.3 Å². The number of carbonyl (C=O) groups is 1. The van der Waals surface area contributed by atoms with Crippen LogP contribution < -0.4 is 27.4 Å². The first-order chi connectivity index (χ1) is 18.9. The fourth-order valence-corrected chi connectivity index (χ4v) is 4.89. The van der Waals surface area contributed by atoms with Crippen molar-refractivity contribution in [3.05, 3.63) is 88.6 Å². The summed E-state index contributed by atoms with van der Waals surface area (Å²) in [6, 6.07) is 10.7. The molecule has 40 heavy (non-hydrogen) atoms. The number of hydrogen-bond acceptors (Lipinski definition) is 7. The van der Waals surface area contributed by atoms with Crippen LogP contribution in [-0.2, 0) is 18.4 Å². The number of carbonyl (C=O) groups excluding carboxylic acids is 1. The van der Waals surface area contributed by atoms with E-state index in [0.717, 1.165) is 4.57 Å². The van der Waals surface area contributed by atoms with Crippen molar-refractivity contribution < 1.29 is 19.4 Å². The first-order valence-electron chi connectivity index (χ1n) is 12.2. The van der Waals surface area contributed by atoms with Gasteiger partial charge in [-0.1, -0.05) is 6.07 Å². The van der Waals surface area contributed by atoms with E-state index in [1.54, 1.807) is 24.3 Å². The molecule has 1 atom stereocenters. The highest BCUT2D eigenvalue weighted by Gasteiger charge is 2.24. The minimum atomic E-state index is -1.18. The summed E-state index contributed by atoms with van der Waals surface area (Å²) in [5, 5.41) is 24.7. The molecule has 2 aromatic heterocycles. The first-order valence-corrected chi connectivity index (χ1v) is 13.3. The number of rotatable bonds is 8. The number of aromatic nitrogens is 3. The van der Waals surface area contributed by atoms with E-state index in [0.29, 0.717) is 9.26 Å². The zero-order valence-electron chi connectivity index (χ0n) is 21.9. The second kappa shape index (κ2) is 11.7. The zero-order chi connectivity index (χ0) is 29.3. The highest BCUT2D eigenvalue weighted by atomic mass is 127.